The van der Waals surface area contributed by atoms with Crippen molar-refractivity contribution < 1.29 is 19.2 Å². The van der Waals surface area contributed by atoms with Crippen LogP contribution in [0.15, 0.2) is 60.7 Å². The fourth-order valence-electron chi connectivity index (χ4n) is 6.53. The van der Waals surface area contributed by atoms with E-state index in [1.807, 2.05) is 79.4 Å². The fraction of sp³-hybridized carbons (Fsp3) is 0.556. The number of piperazine rings is 1. The predicted molar refractivity (Wildman–Crippen MR) is 180 cm³/mol. The Morgan fingerprint density at radius 1 is 0.848 bits per heavy atom. The van der Waals surface area contributed by atoms with Crippen LogP contribution in [-0.4, -0.2) is 78.2 Å². The summed E-state index contributed by atoms with van der Waals surface area (Å²) in [4.78, 5) is 56.5. The number of fused-ring (bicyclic) bond motifs is 2. The Hall–Kier alpha value is -3.60. The molecule has 250 valence electrons. The van der Waals surface area contributed by atoms with Crippen LogP contribution < -0.4 is 27.4 Å². The second kappa shape index (κ2) is 17.4. The quantitative estimate of drug-likeness (QED) is 0.157. The molecule has 6 unspecified atom stereocenters. The molecule has 3 heterocycles. The molecule has 0 spiro atoms. The number of carbonyl (C=O) groups excluding carboxylic acids is 4. The molecule has 10 nitrogen and oxygen atoms in total. The Balaban J connectivity index is 1.46. The third kappa shape index (κ3) is 10.5. The van der Waals surface area contributed by atoms with Gasteiger partial charge in [-0.05, 0) is 68.5 Å². The molecule has 3 aliphatic heterocycles. The van der Waals surface area contributed by atoms with Gasteiger partial charge in [-0.2, -0.15) is 0 Å². The lowest BCUT2D eigenvalue weighted by atomic mass is 9.87. The maximum atomic E-state index is 13.9. The minimum absolute atomic E-state index is 0.0583. The molecule has 6 atom stereocenters. The van der Waals surface area contributed by atoms with E-state index >= 15 is 0 Å². The van der Waals surface area contributed by atoms with Crippen molar-refractivity contribution in [1.29, 1.82) is 0 Å². The fourth-order valence-corrected chi connectivity index (χ4v) is 6.53. The molecule has 3 fully saturated rings. The molecule has 3 saturated heterocycles. The van der Waals surface area contributed by atoms with Gasteiger partial charge in [-0.1, -0.05) is 74.5 Å². The molecule has 3 aliphatic rings. The highest BCUT2D eigenvalue weighted by molar-refractivity contribution is 5.95. The number of nitrogens with zero attached hydrogens (tertiary/aromatic N) is 1. The summed E-state index contributed by atoms with van der Waals surface area (Å²) in [5.74, 6) is -1.55. The van der Waals surface area contributed by atoms with Crippen molar-refractivity contribution >= 4 is 23.5 Å². The van der Waals surface area contributed by atoms with Crippen LogP contribution in [0.2, 0.25) is 0 Å². The first-order valence-corrected chi connectivity index (χ1v) is 16.8. The van der Waals surface area contributed by atoms with E-state index in [0.717, 1.165) is 24.0 Å². The summed E-state index contributed by atoms with van der Waals surface area (Å²) in [5.41, 5.74) is 13.8. The summed E-state index contributed by atoms with van der Waals surface area (Å²) in [6.45, 7) is 5.81. The molecule has 7 N–H and O–H groups in total. The molecule has 2 aromatic rings. The third-order valence-corrected chi connectivity index (χ3v) is 8.99. The summed E-state index contributed by atoms with van der Waals surface area (Å²) < 4.78 is 0. The van der Waals surface area contributed by atoms with Gasteiger partial charge < -0.3 is 32.3 Å². The minimum Gasteiger partial charge on any atom is -0.345 e. The zero-order valence-corrected chi connectivity index (χ0v) is 27.3. The molecule has 0 radical (unpaired) electrons. The first-order valence-electron chi connectivity index (χ1n) is 16.8. The summed E-state index contributed by atoms with van der Waals surface area (Å²) >= 11 is 0. The molecule has 5 rings (SSSR count). The van der Waals surface area contributed by atoms with Gasteiger partial charge in [0.25, 0.3) is 0 Å². The van der Waals surface area contributed by atoms with Gasteiger partial charge in [-0.25, -0.2) is 0 Å². The zero-order chi connectivity index (χ0) is 33.1. The SMILES string of the molecule is CC(C)CC(CC(=O)C(Cc1ccccc1)NC(=O)C(N)Cc1ccccc1)C(=O)NC(CCCCN)C(=O)N1CC2CC(C1)N2. The van der Waals surface area contributed by atoms with Gasteiger partial charge in [-0.3, -0.25) is 19.2 Å². The van der Waals surface area contributed by atoms with Crippen LogP contribution in [0.3, 0.4) is 0 Å². The molecule has 46 heavy (non-hydrogen) atoms. The van der Waals surface area contributed by atoms with E-state index in [2.05, 4.69) is 16.0 Å². The van der Waals surface area contributed by atoms with E-state index in [4.69, 9.17) is 11.5 Å². The third-order valence-electron chi connectivity index (χ3n) is 8.99. The Kier molecular flexibility index (Phi) is 13.3. The number of ketones is 1. The van der Waals surface area contributed by atoms with E-state index in [1.54, 1.807) is 0 Å². The Morgan fingerprint density at radius 2 is 1.41 bits per heavy atom. The van der Waals surface area contributed by atoms with Crippen molar-refractivity contribution in [2.75, 3.05) is 19.6 Å². The monoisotopic (exact) mass is 632 g/mol. The standard InChI is InChI=1S/C36H52N6O4/c1-24(2)17-27(34(44)40-31(15-9-10-16-37)36(46)42-22-28-21-29(23-42)39-28)20-33(43)32(19-26-13-7-4-8-14-26)41-35(45)30(38)18-25-11-5-3-6-12-25/h3-8,11-14,24,27-32,39H,9-10,15-23,37-38H2,1-2H3,(H,40,44)(H,41,45). The van der Waals surface area contributed by atoms with Gasteiger partial charge in [0.1, 0.15) is 6.04 Å². The van der Waals surface area contributed by atoms with Crippen molar-refractivity contribution in [2.45, 2.75) is 95.4 Å². The van der Waals surface area contributed by atoms with Crippen LogP contribution in [-0.2, 0) is 32.0 Å². The van der Waals surface area contributed by atoms with Crippen LogP contribution in [0.1, 0.15) is 63.5 Å². The summed E-state index contributed by atoms with van der Waals surface area (Å²) in [6, 6.07) is 17.3. The highest BCUT2D eigenvalue weighted by atomic mass is 16.2. The van der Waals surface area contributed by atoms with Crippen molar-refractivity contribution in [3.05, 3.63) is 71.8 Å². The summed E-state index contributed by atoms with van der Waals surface area (Å²) in [6.07, 6.45) is 4.08. The molecule has 10 heteroatoms. The molecule has 2 aromatic carbocycles. The highest BCUT2D eigenvalue weighted by Crippen LogP contribution is 2.23. The average Bonchev–Trinajstić information content (AvgIpc) is 3.03. The number of rotatable bonds is 18. The molecule has 3 amide bonds. The maximum absolute atomic E-state index is 13.9. The van der Waals surface area contributed by atoms with Crippen molar-refractivity contribution in [3.63, 3.8) is 0 Å². The molecular weight excluding hydrogens is 580 g/mol. The number of nitrogens with two attached hydrogens (primary N) is 2. The normalized spacial score (nSPS) is 19.8. The first kappa shape index (κ1) is 35.3. The first-order chi connectivity index (χ1) is 22.1. The van der Waals surface area contributed by atoms with E-state index < -0.39 is 30.0 Å². The number of benzene rings is 2. The number of carbonyl (C=O) groups is 4. The van der Waals surface area contributed by atoms with E-state index in [1.165, 1.54) is 0 Å². The largest absolute Gasteiger partial charge is 0.345 e. The molecule has 0 saturated carbocycles. The number of nitrogens with one attached hydrogen (secondary N) is 3. The second-order valence-corrected chi connectivity index (χ2v) is 13.4. The minimum atomic E-state index is -0.853. The van der Waals surface area contributed by atoms with E-state index in [0.29, 0.717) is 57.4 Å². The number of Topliss-reactive ketones (excluding diaryl/α,β-unsaturated/α-hetero) is 1. The molecule has 0 aliphatic carbocycles. The number of hydrogen-bond donors (Lipinski definition) is 5. The molecule has 2 bridgehead atoms. The lowest BCUT2D eigenvalue weighted by Crippen LogP contribution is -2.69. The van der Waals surface area contributed by atoms with Gasteiger partial charge in [-0.15, -0.1) is 0 Å². The van der Waals surface area contributed by atoms with Gasteiger partial charge in [0.2, 0.25) is 17.7 Å². The molecular formula is C36H52N6O4. The Labute approximate surface area is 273 Å². The Bertz CT molecular complexity index is 1270. The number of amides is 3. The average molecular weight is 633 g/mol. The lowest BCUT2D eigenvalue weighted by molar-refractivity contribution is -0.141. The smallest absolute Gasteiger partial charge is 0.245 e. The predicted octanol–water partition coefficient (Wildman–Crippen LogP) is 2.09. The van der Waals surface area contributed by atoms with Crippen LogP contribution in [0, 0.1) is 11.8 Å². The zero-order valence-electron chi connectivity index (χ0n) is 27.3. The topological polar surface area (TPSA) is 160 Å². The van der Waals surface area contributed by atoms with Crippen LogP contribution >= 0.6 is 0 Å². The van der Waals surface area contributed by atoms with Crippen LogP contribution in [0.5, 0.6) is 0 Å². The van der Waals surface area contributed by atoms with Crippen molar-refractivity contribution in [3.8, 4) is 0 Å². The highest BCUT2D eigenvalue weighted by Gasteiger charge is 2.40. The van der Waals surface area contributed by atoms with Crippen molar-refractivity contribution in [1.82, 2.24) is 20.9 Å². The maximum Gasteiger partial charge on any atom is 0.245 e. The van der Waals surface area contributed by atoms with Crippen molar-refractivity contribution in [2.24, 2.45) is 23.3 Å². The van der Waals surface area contributed by atoms with Gasteiger partial charge in [0.05, 0.1) is 12.1 Å². The Morgan fingerprint density at radius 3 is 1.98 bits per heavy atom. The number of piperidine rings is 1. The van der Waals surface area contributed by atoms with E-state index in [-0.39, 0.29) is 36.4 Å². The lowest BCUT2D eigenvalue weighted by Gasteiger charge is -2.49. The van der Waals surface area contributed by atoms with Crippen LogP contribution in [0.25, 0.3) is 0 Å². The van der Waals surface area contributed by atoms with Gasteiger partial charge in [0.15, 0.2) is 5.78 Å². The summed E-state index contributed by atoms with van der Waals surface area (Å²) in [7, 11) is 0. The second-order valence-electron chi connectivity index (χ2n) is 13.4. The van der Waals surface area contributed by atoms with Crippen LogP contribution in [0.4, 0.5) is 0 Å². The van der Waals surface area contributed by atoms with Gasteiger partial charge >= 0.3 is 0 Å². The van der Waals surface area contributed by atoms with Gasteiger partial charge in [0, 0.05) is 37.5 Å². The van der Waals surface area contributed by atoms with E-state index in [9.17, 15) is 19.2 Å². The molecule has 0 aromatic heterocycles. The number of hydrogen-bond acceptors (Lipinski definition) is 7. The summed E-state index contributed by atoms with van der Waals surface area (Å²) in [5, 5.41) is 9.39. The number of unbranched alkanes of at least 4 members (excludes halogenated alkanes) is 1.